The van der Waals surface area contributed by atoms with E-state index in [1.807, 2.05) is 30.3 Å². The summed E-state index contributed by atoms with van der Waals surface area (Å²) in [7, 11) is 0. The standard InChI is InChI=1S/C17H16O/c1-14(16-9-3-2-4-10-16)17-11-5-7-15(13-17)8-6-12-18/h2-5,7,9-13H,1,6,8H2. The van der Waals surface area contributed by atoms with Gasteiger partial charge < -0.3 is 4.79 Å². The minimum atomic E-state index is 0.571. The molecule has 2 rings (SSSR count). The lowest BCUT2D eigenvalue weighted by atomic mass is 9.97. The third kappa shape index (κ3) is 2.95. The van der Waals surface area contributed by atoms with Crippen molar-refractivity contribution in [3.63, 3.8) is 0 Å². The second-order valence-electron chi connectivity index (χ2n) is 4.25. The van der Waals surface area contributed by atoms with Crippen molar-refractivity contribution in [1.82, 2.24) is 0 Å². The summed E-state index contributed by atoms with van der Waals surface area (Å²) in [4.78, 5) is 10.4. The van der Waals surface area contributed by atoms with Crippen LogP contribution in [0.2, 0.25) is 0 Å². The van der Waals surface area contributed by atoms with Crippen molar-refractivity contribution in [3.05, 3.63) is 77.9 Å². The van der Waals surface area contributed by atoms with Crippen molar-refractivity contribution in [2.75, 3.05) is 0 Å². The van der Waals surface area contributed by atoms with Crippen molar-refractivity contribution in [1.29, 1.82) is 0 Å². The molecule has 1 nitrogen and oxygen atoms in total. The molecule has 0 aliphatic heterocycles. The molecule has 0 saturated carbocycles. The van der Waals surface area contributed by atoms with E-state index in [9.17, 15) is 4.79 Å². The van der Waals surface area contributed by atoms with E-state index in [1.165, 1.54) is 5.56 Å². The van der Waals surface area contributed by atoms with Crippen molar-refractivity contribution < 1.29 is 4.79 Å². The van der Waals surface area contributed by atoms with Crippen LogP contribution in [-0.4, -0.2) is 6.29 Å². The van der Waals surface area contributed by atoms with Crippen molar-refractivity contribution in [3.8, 4) is 0 Å². The zero-order chi connectivity index (χ0) is 12.8. The number of aryl methyl sites for hydroxylation is 1. The Balaban J connectivity index is 2.23. The third-order valence-electron chi connectivity index (χ3n) is 2.95. The first-order valence-corrected chi connectivity index (χ1v) is 6.08. The van der Waals surface area contributed by atoms with Crippen molar-refractivity contribution in [2.24, 2.45) is 0 Å². The summed E-state index contributed by atoms with van der Waals surface area (Å²) in [5.74, 6) is 0. The van der Waals surface area contributed by atoms with E-state index >= 15 is 0 Å². The fourth-order valence-corrected chi connectivity index (χ4v) is 1.95. The fraction of sp³-hybridized carbons (Fsp3) is 0.118. The monoisotopic (exact) mass is 236 g/mol. The van der Waals surface area contributed by atoms with Crippen molar-refractivity contribution in [2.45, 2.75) is 12.8 Å². The molecular weight excluding hydrogens is 220 g/mol. The van der Waals surface area contributed by atoms with Crippen LogP contribution < -0.4 is 0 Å². The van der Waals surface area contributed by atoms with E-state index in [0.29, 0.717) is 6.42 Å². The van der Waals surface area contributed by atoms with Gasteiger partial charge in [-0.05, 0) is 28.7 Å². The Labute approximate surface area is 108 Å². The number of carbonyl (C=O) groups is 1. The minimum absolute atomic E-state index is 0.571. The normalized spacial score (nSPS) is 10.0. The topological polar surface area (TPSA) is 17.1 Å². The van der Waals surface area contributed by atoms with E-state index in [1.54, 1.807) is 0 Å². The lowest BCUT2D eigenvalue weighted by Crippen LogP contribution is -1.90. The van der Waals surface area contributed by atoms with Crippen LogP contribution in [0.1, 0.15) is 23.1 Å². The number of hydrogen-bond acceptors (Lipinski definition) is 1. The Morgan fingerprint density at radius 2 is 1.72 bits per heavy atom. The molecule has 0 fully saturated rings. The van der Waals surface area contributed by atoms with Gasteiger partial charge in [0, 0.05) is 6.42 Å². The first-order chi connectivity index (χ1) is 8.81. The van der Waals surface area contributed by atoms with Crippen LogP contribution in [-0.2, 0) is 11.2 Å². The van der Waals surface area contributed by atoms with Gasteiger partial charge in [0.25, 0.3) is 0 Å². The molecule has 0 saturated heterocycles. The molecule has 0 radical (unpaired) electrons. The van der Waals surface area contributed by atoms with Gasteiger partial charge >= 0.3 is 0 Å². The number of benzene rings is 2. The number of rotatable bonds is 5. The first kappa shape index (κ1) is 12.3. The van der Waals surface area contributed by atoms with E-state index in [-0.39, 0.29) is 0 Å². The highest BCUT2D eigenvalue weighted by atomic mass is 16.1. The molecule has 0 unspecified atom stereocenters. The highest BCUT2D eigenvalue weighted by Crippen LogP contribution is 2.22. The van der Waals surface area contributed by atoms with Crippen LogP contribution >= 0.6 is 0 Å². The number of hydrogen-bond donors (Lipinski definition) is 0. The number of aldehydes is 1. The van der Waals surface area contributed by atoms with Crippen molar-refractivity contribution >= 4 is 11.9 Å². The van der Waals surface area contributed by atoms with Gasteiger partial charge in [0.1, 0.15) is 6.29 Å². The Bertz CT molecular complexity index is 541. The van der Waals surface area contributed by atoms with E-state index in [0.717, 1.165) is 29.4 Å². The molecule has 0 aromatic heterocycles. The first-order valence-electron chi connectivity index (χ1n) is 6.08. The van der Waals surface area contributed by atoms with Crippen LogP contribution in [0.4, 0.5) is 0 Å². The SMILES string of the molecule is C=C(c1ccccc1)c1cccc(CCC=O)c1. The van der Waals surface area contributed by atoms with Gasteiger partial charge in [-0.2, -0.15) is 0 Å². The predicted octanol–water partition coefficient (Wildman–Crippen LogP) is 3.88. The lowest BCUT2D eigenvalue weighted by Gasteiger charge is -2.08. The van der Waals surface area contributed by atoms with Crippen LogP contribution in [0.25, 0.3) is 5.57 Å². The molecule has 0 heterocycles. The maximum atomic E-state index is 10.4. The molecule has 0 aliphatic carbocycles. The Morgan fingerprint density at radius 3 is 2.44 bits per heavy atom. The number of carbonyl (C=O) groups excluding carboxylic acids is 1. The largest absolute Gasteiger partial charge is 0.303 e. The summed E-state index contributed by atoms with van der Waals surface area (Å²) in [6.45, 7) is 4.15. The van der Waals surface area contributed by atoms with Gasteiger partial charge in [-0.25, -0.2) is 0 Å². The predicted molar refractivity (Wildman–Crippen MR) is 75.4 cm³/mol. The molecule has 0 aliphatic rings. The summed E-state index contributed by atoms with van der Waals surface area (Å²) >= 11 is 0. The van der Waals surface area contributed by atoms with Crippen LogP contribution in [0.5, 0.6) is 0 Å². The zero-order valence-corrected chi connectivity index (χ0v) is 10.3. The maximum absolute atomic E-state index is 10.4. The molecule has 0 bridgehead atoms. The average Bonchev–Trinajstić information content (AvgIpc) is 2.45. The van der Waals surface area contributed by atoms with Gasteiger partial charge in [-0.15, -0.1) is 0 Å². The van der Waals surface area contributed by atoms with Gasteiger partial charge in [0.15, 0.2) is 0 Å². The van der Waals surface area contributed by atoms with Gasteiger partial charge in [-0.3, -0.25) is 0 Å². The molecule has 0 spiro atoms. The zero-order valence-electron chi connectivity index (χ0n) is 10.3. The van der Waals surface area contributed by atoms with E-state index < -0.39 is 0 Å². The summed E-state index contributed by atoms with van der Waals surface area (Å²) in [5, 5.41) is 0. The molecule has 18 heavy (non-hydrogen) atoms. The molecule has 0 atom stereocenters. The molecule has 0 amide bonds. The Morgan fingerprint density at radius 1 is 1.00 bits per heavy atom. The maximum Gasteiger partial charge on any atom is 0.120 e. The molecule has 1 heteroatoms. The Hall–Kier alpha value is -2.15. The van der Waals surface area contributed by atoms with Crippen LogP contribution in [0.15, 0.2) is 61.2 Å². The second-order valence-corrected chi connectivity index (χ2v) is 4.25. The van der Waals surface area contributed by atoms with Crippen LogP contribution in [0.3, 0.4) is 0 Å². The lowest BCUT2D eigenvalue weighted by molar-refractivity contribution is -0.107. The highest BCUT2D eigenvalue weighted by molar-refractivity contribution is 5.78. The van der Waals surface area contributed by atoms with E-state index in [4.69, 9.17) is 0 Å². The van der Waals surface area contributed by atoms with Gasteiger partial charge in [0.2, 0.25) is 0 Å². The van der Waals surface area contributed by atoms with E-state index in [2.05, 4.69) is 30.8 Å². The molecular formula is C17H16O. The van der Waals surface area contributed by atoms with Gasteiger partial charge in [-0.1, -0.05) is 61.2 Å². The molecule has 2 aromatic rings. The highest BCUT2D eigenvalue weighted by Gasteiger charge is 2.02. The summed E-state index contributed by atoms with van der Waals surface area (Å²) in [5.41, 5.74) is 4.44. The summed E-state index contributed by atoms with van der Waals surface area (Å²) in [6.07, 6.45) is 2.32. The Kier molecular flexibility index (Phi) is 4.08. The molecule has 0 N–H and O–H groups in total. The minimum Gasteiger partial charge on any atom is -0.303 e. The van der Waals surface area contributed by atoms with Crippen LogP contribution in [0, 0.1) is 0 Å². The second kappa shape index (κ2) is 5.97. The fourth-order valence-electron chi connectivity index (χ4n) is 1.95. The average molecular weight is 236 g/mol. The quantitative estimate of drug-likeness (QED) is 0.720. The smallest absolute Gasteiger partial charge is 0.120 e. The van der Waals surface area contributed by atoms with Gasteiger partial charge in [0.05, 0.1) is 0 Å². The summed E-state index contributed by atoms with van der Waals surface area (Å²) < 4.78 is 0. The summed E-state index contributed by atoms with van der Waals surface area (Å²) in [6, 6.07) is 18.4. The molecule has 90 valence electrons. The third-order valence-corrected chi connectivity index (χ3v) is 2.95. The molecule has 2 aromatic carbocycles.